The minimum Gasteiger partial charge on any atom is -0.508 e. The lowest BCUT2D eigenvalue weighted by Crippen LogP contribution is -2.43. The van der Waals surface area contributed by atoms with Crippen LogP contribution in [-0.4, -0.2) is 39.8 Å². The van der Waals surface area contributed by atoms with E-state index in [1.165, 1.54) is 0 Å². The molecule has 0 atom stereocenters. The van der Waals surface area contributed by atoms with Crippen molar-refractivity contribution in [1.82, 2.24) is 9.80 Å². The van der Waals surface area contributed by atoms with Crippen molar-refractivity contribution in [2.45, 2.75) is 33.4 Å². The Bertz CT molecular complexity index is 745. The lowest BCUT2D eigenvalue weighted by molar-refractivity contribution is 0.0735. The van der Waals surface area contributed by atoms with Gasteiger partial charge in [0.15, 0.2) is 0 Å². The summed E-state index contributed by atoms with van der Waals surface area (Å²) in [5, 5.41) is 21.7. The fourth-order valence-corrected chi connectivity index (χ4v) is 3.72. The molecule has 2 aromatic rings. The third-order valence-corrected chi connectivity index (χ3v) is 5.67. The van der Waals surface area contributed by atoms with Gasteiger partial charge in [-0.05, 0) is 55.7 Å². The normalized spacial score (nSPS) is 16.2. The summed E-state index contributed by atoms with van der Waals surface area (Å²) >= 11 is 12.4. The Morgan fingerprint density at radius 2 is 1.23 bits per heavy atom. The summed E-state index contributed by atoms with van der Waals surface area (Å²) in [6.45, 7) is 7.73. The van der Waals surface area contributed by atoms with Crippen molar-refractivity contribution in [2.75, 3.05) is 19.8 Å². The van der Waals surface area contributed by atoms with Crippen LogP contribution >= 0.6 is 23.2 Å². The van der Waals surface area contributed by atoms with Crippen LogP contribution in [0.1, 0.15) is 28.7 Å². The maximum Gasteiger partial charge on any atom is 0.120 e. The Kier molecular flexibility index (Phi) is 5.98. The molecule has 140 valence electrons. The third kappa shape index (κ3) is 4.44. The first kappa shape index (κ1) is 19.3. The predicted molar refractivity (Wildman–Crippen MR) is 106 cm³/mol. The maximum atomic E-state index is 10.2. The molecule has 0 aromatic heterocycles. The zero-order valence-corrected chi connectivity index (χ0v) is 16.6. The van der Waals surface area contributed by atoms with E-state index in [0.717, 1.165) is 48.4 Å². The number of hydrogen-bond donors (Lipinski definition) is 2. The van der Waals surface area contributed by atoms with E-state index in [4.69, 9.17) is 23.2 Å². The lowest BCUT2D eigenvalue weighted by atomic mass is 10.1. The number of rotatable bonds is 4. The summed E-state index contributed by atoms with van der Waals surface area (Å²) in [7, 11) is 0. The van der Waals surface area contributed by atoms with Gasteiger partial charge in [-0.3, -0.25) is 9.80 Å². The highest BCUT2D eigenvalue weighted by atomic mass is 35.5. The second-order valence-corrected chi connectivity index (χ2v) is 7.87. The van der Waals surface area contributed by atoms with Gasteiger partial charge in [0.25, 0.3) is 0 Å². The quantitative estimate of drug-likeness (QED) is 0.789. The zero-order chi connectivity index (χ0) is 18.8. The first-order valence-corrected chi connectivity index (χ1v) is 9.49. The minimum atomic E-state index is 0.284. The number of benzene rings is 2. The van der Waals surface area contributed by atoms with E-state index in [1.54, 1.807) is 12.1 Å². The number of phenols is 2. The summed E-state index contributed by atoms with van der Waals surface area (Å²) in [5.74, 6) is 0.568. The number of hydrogen-bond acceptors (Lipinski definition) is 4. The fourth-order valence-electron chi connectivity index (χ4n) is 3.35. The number of phenolic OH excluding ortho intramolecular Hbond substituents is 2. The molecule has 26 heavy (non-hydrogen) atoms. The molecular weight excluding hydrogens is 371 g/mol. The van der Waals surface area contributed by atoms with Gasteiger partial charge in [-0.15, -0.1) is 0 Å². The molecule has 0 spiro atoms. The van der Waals surface area contributed by atoms with Gasteiger partial charge in [-0.1, -0.05) is 23.2 Å². The van der Waals surface area contributed by atoms with Crippen LogP contribution in [-0.2, 0) is 13.1 Å². The minimum absolute atomic E-state index is 0.284. The molecule has 0 aliphatic carbocycles. The molecular formula is C20H24Cl2N2O2. The average Bonchev–Trinajstić information content (AvgIpc) is 2.58. The molecule has 6 heteroatoms. The Labute approximate surface area is 164 Å². The van der Waals surface area contributed by atoms with Crippen LogP contribution < -0.4 is 0 Å². The van der Waals surface area contributed by atoms with Crippen LogP contribution in [0.25, 0.3) is 0 Å². The van der Waals surface area contributed by atoms with Gasteiger partial charge in [0, 0.05) is 47.4 Å². The lowest BCUT2D eigenvalue weighted by Gasteiger charge is -2.36. The van der Waals surface area contributed by atoms with Crippen molar-refractivity contribution in [1.29, 1.82) is 0 Å². The van der Waals surface area contributed by atoms with E-state index < -0.39 is 0 Å². The SMILES string of the molecule is Cc1cc(O)c(CN2CCCN(Cc3cc(Cl)c(C)cc3O)C2)cc1Cl. The molecule has 1 fully saturated rings. The fraction of sp³-hybridized carbons (Fsp3) is 0.400. The van der Waals surface area contributed by atoms with E-state index in [1.807, 2.05) is 26.0 Å². The molecule has 1 saturated heterocycles. The second kappa shape index (κ2) is 8.05. The van der Waals surface area contributed by atoms with Crippen LogP contribution in [0.2, 0.25) is 10.0 Å². The Hall–Kier alpha value is -1.46. The van der Waals surface area contributed by atoms with Gasteiger partial charge in [0.2, 0.25) is 0 Å². The third-order valence-electron chi connectivity index (χ3n) is 4.86. The van der Waals surface area contributed by atoms with Crippen molar-refractivity contribution in [3.8, 4) is 11.5 Å². The first-order valence-electron chi connectivity index (χ1n) is 8.74. The van der Waals surface area contributed by atoms with Crippen LogP contribution in [0.4, 0.5) is 0 Å². The number of aromatic hydroxyl groups is 2. The number of aryl methyl sites for hydroxylation is 2. The molecule has 0 bridgehead atoms. The largest absolute Gasteiger partial charge is 0.508 e. The van der Waals surface area contributed by atoms with Crippen molar-refractivity contribution in [2.24, 2.45) is 0 Å². The van der Waals surface area contributed by atoms with E-state index in [9.17, 15) is 10.2 Å². The van der Waals surface area contributed by atoms with Crippen molar-refractivity contribution in [3.63, 3.8) is 0 Å². The van der Waals surface area contributed by atoms with Crippen LogP contribution in [0, 0.1) is 13.8 Å². The number of halogens is 2. The topological polar surface area (TPSA) is 46.9 Å². The monoisotopic (exact) mass is 394 g/mol. The van der Waals surface area contributed by atoms with Gasteiger partial charge in [-0.25, -0.2) is 0 Å². The summed E-state index contributed by atoms with van der Waals surface area (Å²) in [6, 6.07) is 7.12. The highest BCUT2D eigenvalue weighted by molar-refractivity contribution is 6.31. The van der Waals surface area contributed by atoms with Gasteiger partial charge < -0.3 is 10.2 Å². The molecule has 1 aliphatic rings. The molecule has 0 amide bonds. The van der Waals surface area contributed by atoms with E-state index >= 15 is 0 Å². The van der Waals surface area contributed by atoms with E-state index in [0.29, 0.717) is 23.1 Å². The molecule has 1 heterocycles. The summed E-state index contributed by atoms with van der Waals surface area (Å²) in [5.41, 5.74) is 3.42. The van der Waals surface area contributed by atoms with Crippen molar-refractivity contribution in [3.05, 3.63) is 56.6 Å². The summed E-state index contributed by atoms with van der Waals surface area (Å²) < 4.78 is 0. The molecule has 0 unspecified atom stereocenters. The van der Waals surface area contributed by atoms with Crippen LogP contribution in [0.5, 0.6) is 11.5 Å². The Balaban J connectivity index is 1.68. The average molecular weight is 395 g/mol. The highest BCUT2D eigenvalue weighted by Gasteiger charge is 2.20. The maximum absolute atomic E-state index is 10.2. The molecule has 0 saturated carbocycles. The van der Waals surface area contributed by atoms with Crippen molar-refractivity contribution < 1.29 is 10.2 Å². The molecule has 2 aromatic carbocycles. The van der Waals surface area contributed by atoms with Gasteiger partial charge >= 0.3 is 0 Å². The molecule has 0 radical (unpaired) electrons. The summed E-state index contributed by atoms with van der Waals surface area (Å²) in [6.07, 6.45) is 1.03. The van der Waals surface area contributed by atoms with Crippen LogP contribution in [0.15, 0.2) is 24.3 Å². The van der Waals surface area contributed by atoms with E-state index in [-0.39, 0.29) is 11.5 Å². The number of nitrogens with zero attached hydrogens (tertiary/aromatic N) is 2. The smallest absolute Gasteiger partial charge is 0.120 e. The van der Waals surface area contributed by atoms with E-state index in [2.05, 4.69) is 9.80 Å². The van der Waals surface area contributed by atoms with Crippen molar-refractivity contribution >= 4 is 23.2 Å². The van der Waals surface area contributed by atoms with Gasteiger partial charge in [0.1, 0.15) is 11.5 Å². The van der Waals surface area contributed by atoms with Crippen LogP contribution in [0.3, 0.4) is 0 Å². The molecule has 2 N–H and O–H groups in total. The summed E-state index contributed by atoms with van der Waals surface area (Å²) in [4.78, 5) is 4.55. The van der Waals surface area contributed by atoms with Gasteiger partial charge in [-0.2, -0.15) is 0 Å². The Morgan fingerprint density at radius 1 is 0.808 bits per heavy atom. The molecule has 4 nitrogen and oxygen atoms in total. The van der Waals surface area contributed by atoms with Gasteiger partial charge in [0.05, 0.1) is 6.67 Å². The predicted octanol–water partition coefficient (Wildman–Crippen LogP) is 4.69. The standard InChI is InChI=1S/C20H24Cl2N2O2/c1-13-6-19(25)15(8-17(13)21)10-23-4-3-5-24(12-23)11-16-9-18(22)14(2)7-20(16)26/h6-9,25-26H,3-5,10-12H2,1-2H3. The zero-order valence-electron chi connectivity index (χ0n) is 15.1. The Morgan fingerprint density at radius 3 is 1.65 bits per heavy atom. The molecule has 1 aliphatic heterocycles. The second-order valence-electron chi connectivity index (χ2n) is 7.06. The highest BCUT2D eigenvalue weighted by Crippen LogP contribution is 2.29. The first-order chi connectivity index (χ1) is 12.3. The molecule has 3 rings (SSSR count).